The van der Waals surface area contributed by atoms with Crippen LogP contribution in [0.4, 0.5) is 15.9 Å². The Labute approximate surface area is 137 Å². The van der Waals surface area contributed by atoms with Crippen LogP contribution < -0.4 is 4.90 Å². The Balaban J connectivity index is 1.90. The van der Waals surface area contributed by atoms with Gasteiger partial charge in [-0.2, -0.15) is 0 Å². The number of amides is 1. The number of fused-ring (bicyclic) bond motifs is 1. The summed E-state index contributed by atoms with van der Waals surface area (Å²) >= 11 is 0. The van der Waals surface area contributed by atoms with Gasteiger partial charge in [0.05, 0.1) is 5.69 Å². The molecule has 0 bridgehead atoms. The van der Waals surface area contributed by atoms with Gasteiger partial charge in [-0.25, -0.2) is 4.39 Å². The zero-order valence-electron chi connectivity index (χ0n) is 13.5. The van der Waals surface area contributed by atoms with E-state index in [0.29, 0.717) is 36.5 Å². The quantitative estimate of drug-likeness (QED) is 0.639. The van der Waals surface area contributed by atoms with E-state index in [9.17, 15) is 19.3 Å². The summed E-state index contributed by atoms with van der Waals surface area (Å²) in [7, 11) is 0. The molecule has 0 N–H and O–H groups in total. The predicted octanol–water partition coefficient (Wildman–Crippen LogP) is 2.53. The molecule has 0 radical (unpaired) electrons. The average molecular weight is 332 g/mol. The van der Waals surface area contributed by atoms with Gasteiger partial charge in [0.25, 0.3) is 0 Å². The van der Waals surface area contributed by atoms with Crippen molar-refractivity contribution in [2.45, 2.75) is 33.2 Å². The molecule has 0 fully saturated rings. The number of carbonyl (C=O) groups excluding carboxylic acids is 1. The van der Waals surface area contributed by atoms with Crippen molar-refractivity contribution >= 4 is 17.4 Å². The van der Waals surface area contributed by atoms with E-state index in [0.717, 1.165) is 5.56 Å². The number of imidazole rings is 1. The Morgan fingerprint density at radius 3 is 2.83 bits per heavy atom. The second-order valence-electron chi connectivity index (χ2n) is 5.87. The molecule has 0 saturated heterocycles. The highest BCUT2D eigenvalue weighted by molar-refractivity contribution is 5.95. The van der Waals surface area contributed by atoms with E-state index in [1.807, 2.05) is 6.92 Å². The van der Waals surface area contributed by atoms with Crippen molar-refractivity contribution in [2.75, 3.05) is 11.4 Å². The van der Waals surface area contributed by atoms with Crippen molar-refractivity contribution in [1.29, 1.82) is 0 Å². The molecule has 24 heavy (non-hydrogen) atoms. The number of nitrogens with zero attached hydrogens (tertiary/aromatic N) is 4. The molecule has 3 rings (SSSR count). The molecule has 2 aromatic rings. The molecule has 0 unspecified atom stereocenters. The number of aryl methyl sites for hydroxylation is 2. The van der Waals surface area contributed by atoms with Crippen LogP contribution in [-0.4, -0.2) is 26.9 Å². The van der Waals surface area contributed by atoms with Gasteiger partial charge >= 0.3 is 5.82 Å². The molecule has 0 spiro atoms. The van der Waals surface area contributed by atoms with Gasteiger partial charge in [0.1, 0.15) is 18.6 Å². The van der Waals surface area contributed by atoms with Gasteiger partial charge in [0.2, 0.25) is 11.7 Å². The number of anilines is 1. The standard InChI is InChI=1S/C16H17FN4O3/c1-10-5-6-13(17)12-4-3-7-20(16(10)12)15(22)9-19-8-14(21(23)24)18-11(19)2/h5-6,8H,3-4,7,9H2,1-2H3. The highest BCUT2D eigenvalue weighted by Gasteiger charge is 2.27. The molecule has 126 valence electrons. The van der Waals surface area contributed by atoms with E-state index in [-0.39, 0.29) is 24.1 Å². The van der Waals surface area contributed by atoms with Crippen LogP contribution in [0.2, 0.25) is 0 Å². The molecule has 0 saturated carbocycles. The van der Waals surface area contributed by atoms with E-state index in [2.05, 4.69) is 4.98 Å². The predicted molar refractivity (Wildman–Crippen MR) is 85.4 cm³/mol. The highest BCUT2D eigenvalue weighted by atomic mass is 19.1. The molecule has 1 aromatic heterocycles. The van der Waals surface area contributed by atoms with Crippen LogP contribution in [0.15, 0.2) is 18.3 Å². The zero-order valence-corrected chi connectivity index (χ0v) is 13.5. The van der Waals surface area contributed by atoms with E-state index < -0.39 is 4.92 Å². The van der Waals surface area contributed by atoms with Gasteiger partial charge in [0, 0.05) is 19.0 Å². The second kappa shape index (κ2) is 6.03. The number of hydrogen-bond donors (Lipinski definition) is 0. The number of rotatable bonds is 3. The lowest BCUT2D eigenvalue weighted by Crippen LogP contribution is -2.38. The molecule has 1 amide bonds. The molecule has 1 aliphatic rings. The van der Waals surface area contributed by atoms with Gasteiger partial charge < -0.3 is 15.0 Å². The fourth-order valence-electron chi connectivity index (χ4n) is 3.09. The first kappa shape index (κ1) is 16.1. The number of benzene rings is 1. The third-order valence-electron chi connectivity index (χ3n) is 4.26. The van der Waals surface area contributed by atoms with Crippen LogP contribution in [0.25, 0.3) is 0 Å². The maximum absolute atomic E-state index is 14.0. The summed E-state index contributed by atoms with van der Waals surface area (Å²) in [6, 6.07) is 3.08. The minimum Gasteiger partial charge on any atom is -0.358 e. The molecule has 1 aromatic carbocycles. The molecule has 0 atom stereocenters. The first-order chi connectivity index (χ1) is 11.4. The van der Waals surface area contributed by atoms with Crippen molar-refractivity contribution in [2.24, 2.45) is 0 Å². The minimum absolute atomic E-state index is 0.0674. The van der Waals surface area contributed by atoms with Gasteiger partial charge in [0.15, 0.2) is 0 Å². The Hall–Kier alpha value is -2.77. The summed E-state index contributed by atoms with van der Waals surface area (Å²) in [5.41, 5.74) is 2.02. The minimum atomic E-state index is -0.594. The van der Waals surface area contributed by atoms with Gasteiger partial charge in [-0.1, -0.05) is 6.07 Å². The molecule has 2 heterocycles. The van der Waals surface area contributed by atoms with E-state index in [1.54, 1.807) is 17.9 Å². The van der Waals surface area contributed by atoms with Crippen molar-refractivity contribution in [3.8, 4) is 0 Å². The van der Waals surface area contributed by atoms with E-state index in [1.165, 1.54) is 16.8 Å². The van der Waals surface area contributed by atoms with Crippen LogP contribution in [0.3, 0.4) is 0 Å². The monoisotopic (exact) mass is 332 g/mol. The van der Waals surface area contributed by atoms with Crippen molar-refractivity contribution in [3.05, 3.63) is 51.2 Å². The molecular formula is C16H17FN4O3. The van der Waals surface area contributed by atoms with E-state index >= 15 is 0 Å². The molecule has 8 heteroatoms. The average Bonchev–Trinajstić information content (AvgIpc) is 2.92. The molecule has 1 aliphatic heterocycles. The van der Waals surface area contributed by atoms with E-state index in [4.69, 9.17) is 0 Å². The van der Waals surface area contributed by atoms with Crippen LogP contribution in [-0.2, 0) is 17.8 Å². The highest BCUT2D eigenvalue weighted by Crippen LogP contribution is 2.32. The van der Waals surface area contributed by atoms with Gasteiger partial charge in [-0.15, -0.1) is 0 Å². The smallest absolute Gasteiger partial charge is 0.358 e. The van der Waals surface area contributed by atoms with Gasteiger partial charge in [-0.05, 0) is 41.3 Å². The Morgan fingerprint density at radius 1 is 1.42 bits per heavy atom. The number of nitro groups is 1. The molecule has 7 nitrogen and oxygen atoms in total. The lowest BCUT2D eigenvalue weighted by atomic mass is 9.97. The summed E-state index contributed by atoms with van der Waals surface area (Å²) in [5.74, 6) is -0.438. The maximum atomic E-state index is 14.0. The van der Waals surface area contributed by atoms with Crippen molar-refractivity contribution < 1.29 is 14.1 Å². The SMILES string of the molecule is Cc1ccc(F)c2c1N(C(=O)Cn1cc([N+](=O)[O-])nc1C)CCC2. The maximum Gasteiger partial charge on any atom is 0.381 e. The molecular weight excluding hydrogens is 315 g/mol. The fraction of sp³-hybridized carbons (Fsp3) is 0.375. The largest absolute Gasteiger partial charge is 0.381 e. The Bertz CT molecular complexity index is 831. The second-order valence-corrected chi connectivity index (χ2v) is 5.87. The number of halogens is 1. The third kappa shape index (κ3) is 2.75. The van der Waals surface area contributed by atoms with Gasteiger partial charge in [-0.3, -0.25) is 9.36 Å². The summed E-state index contributed by atoms with van der Waals surface area (Å²) in [6.07, 6.45) is 2.53. The topological polar surface area (TPSA) is 81.3 Å². The summed E-state index contributed by atoms with van der Waals surface area (Å²) < 4.78 is 15.5. The lowest BCUT2D eigenvalue weighted by molar-refractivity contribution is -0.389. The summed E-state index contributed by atoms with van der Waals surface area (Å²) in [6.45, 7) is 3.89. The number of carbonyl (C=O) groups is 1. The van der Waals surface area contributed by atoms with Crippen molar-refractivity contribution in [1.82, 2.24) is 9.55 Å². The van der Waals surface area contributed by atoms with Crippen LogP contribution >= 0.6 is 0 Å². The summed E-state index contributed by atoms with van der Waals surface area (Å²) in [5, 5.41) is 10.8. The first-order valence-electron chi connectivity index (χ1n) is 7.65. The normalized spacial score (nSPS) is 13.7. The Morgan fingerprint density at radius 2 is 2.17 bits per heavy atom. The summed E-state index contributed by atoms with van der Waals surface area (Å²) in [4.78, 5) is 28.3. The lowest BCUT2D eigenvalue weighted by Gasteiger charge is -2.31. The zero-order chi connectivity index (χ0) is 17.4. The number of aromatic nitrogens is 2. The van der Waals surface area contributed by atoms with Crippen LogP contribution in [0.5, 0.6) is 0 Å². The fourth-order valence-corrected chi connectivity index (χ4v) is 3.09. The third-order valence-corrected chi connectivity index (χ3v) is 4.26. The van der Waals surface area contributed by atoms with Crippen LogP contribution in [0, 0.1) is 29.8 Å². The Kier molecular flexibility index (Phi) is 4.04. The molecule has 0 aliphatic carbocycles. The number of hydrogen-bond acceptors (Lipinski definition) is 4. The van der Waals surface area contributed by atoms with Crippen LogP contribution in [0.1, 0.15) is 23.4 Å². The van der Waals surface area contributed by atoms with Crippen molar-refractivity contribution in [3.63, 3.8) is 0 Å². The first-order valence-corrected chi connectivity index (χ1v) is 7.65.